The highest BCUT2D eigenvalue weighted by atomic mass is 35.5. The standard InChI is InChI=1S/C21H23ClN2O3/c1-13-10-18(15-2-4-17(22)5-3-15)23-24(13)20-19(25)12-16(21(20)26)11-14-6-8-27-9-7-14/h2-5,10-11,14,19-20,25H,6-9,12H2,1H3/b16-11+. The van der Waals surface area contributed by atoms with E-state index >= 15 is 0 Å². The highest BCUT2D eigenvalue weighted by Gasteiger charge is 2.40. The number of Topliss-reactive ketones (excluding diaryl/α,β-unsaturated/α-hetero) is 1. The van der Waals surface area contributed by atoms with Gasteiger partial charge in [0.2, 0.25) is 0 Å². The fourth-order valence-electron chi connectivity index (χ4n) is 3.92. The first-order chi connectivity index (χ1) is 13.0. The number of hydrogen-bond donors (Lipinski definition) is 1. The van der Waals surface area contributed by atoms with Gasteiger partial charge < -0.3 is 9.84 Å². The number of aliphatic hydroxyl groups is 1. The third-order valence-electron chi connectivity index (χ3n) is 5.41. The van der Waals surface area contributed by atoms with Gasteiger partial charge in [-0.2, -0.15) is 5.10 Å². The van der Waals surface area contributed by atoms with E-state index in [1.807, 2.05) is 43.3 Å². The summed E-state index contributed by atoms with van der Waals surface area (Å²) in [6.45, 7) is 3.38. The van der Waals surface area contributed by atoms with Crippen LogP contribution in [-0.2, 0) is 9.53 Å². The van der Waals surface area contributed by atoms with Gasteiger partial charge in [-0.15, -0.1) is 0 Å². The largest absolute Gasteiger partial charge is 0.390 e. The molecule has 1 aliphatic heterocycles. The van der Waals surface area contributed by atoms with Crippen molar-refractivity contribution in [1.82, 2.24) is 9.78 Å². The molecule has 2 fully saturated rings. The molecular formula is C21H23ClN2O3. The predicted molar refractivity (Wildman–Crippen MR) is 104 cm³/mol. The SMILES string of the molecule is Cc1cc(-c2ccc(Cl)cc2)nn1C1C(=O)/C(=C/C2CCOCC2)CC1O. The zero-order valence-corrected chi connectivity index (χ0v) is 16.0. The summed E-state index contributed by atoms with van der Waals surface area (Å²) in [6.07, 6.45) is 3.54. The molecule has 27 heavy (non-hydrogen) atoms. The first kappa shape index (κ1) is 18.4. The molecule has 0 radical (unpaired) electrons. The second-order valence-corrected chi connectivity index (χ2v) is 7.78. The fraction of sp³-hybridized carbons (Fsp3) is 0.429. The first-order valence-electron chi connectivity index (χ1n) is 9.36. The number of allylic oxidation sites excluding steroid dienone is 1. The summed E-state index contributed by atoms with van der Waals surface area (Å²) in [5, 5.41) is 15.9. The van der Waals surface area contributed by atoms with Crippen molar-refractivity contribution < 1.29 is 14.6 Å². The van der Waals surface area contributed by atoms with Crippen LogP contribution in [0.2, 0.25) is 5.02 Å². The van der Waals surface area contributed by atoms with E-state index in [4.69, 9.17) is 16.3 Å². The van der Waals surface area contributed by atoms with Crippen LogP contribution in [-0.4, -0.2) is 40.0 Å². The molecule has 1 aliphatic carbocycles. The minimum Gasteiger partial charge on any atom is -0.390 e. The van der Waals surface area contributed by atoms with Crippen molar-refractivity contribution in [3.8, 4) is 11.3 Å². The van der Waals surface area contributed by atoms with Gasteiger partial charge in [-0.05, 0) is 49.5 Å². The Morgan fingerprint density at radius 3 is 2.67 bits per heavy atom. The van der Waals surface area contributed by atoms with E-state index in [1.165, 1.54) is 0 Å². The van der Waals surface area contributed by atoms with Crippen molar-refractivity contribution in [1.29, 1.82) is 0 Å². The first-order valence-corrected chi connectivity index (χ1v) is 9.73. The Kier molecular flexibility index (Phi) is 5.17. The van der Waals surface area contributed by atoms with Crippen LogP contribution in [0.5, 0.6) is 0 Å². The van der Waals surface area contributed by atoms with Crippen LogP contribution in [0.3, 0.4) is 0 Å². The van der Waals surface area contributed by atoms with E-state index in [0.29, 0.717) is 17.4 Å². The highest BCUT2D eigenvalue weighted by Crippen LogP contribution is 2.35. The van der Waals surface area contributed by atoms with Gasteiger partial charge in [-0.3, -0.25) is 9.48 Å². The van der Waals surface area contributed by atoms with E-state index in [1.54, 1.807) is 4.68 Å². The molecule has 5 nitrogen and oxygen atoms in total. The van der Waals surface area contributed by atoms with Crippen molar-refractivity contribution in [2.24, 2.45) is 5.92 Å². The summed E-state index contributed by atoms with van der Waals surface area (Å²) in [7, 11) is 0. The summed E-state index contributed by atoms with van der Waals surface area (Å²) in [4.78, 5) is 13.0. The maximum Gasteiger partial charge on any atom is 0.185 e. The molecule has 1 saturated heterocycles. The number of benzene rings is 1. The van der Waals surface area contributed by atoms with Gasteiger partial charge in [0.15, 0.2) is 5.78 Å². The minimum atomic E-state index is -0.750. The average molecular weight is 387 g/mol. The number of halogens is 1. The third kappa shape index (κ3) is 3.72. The molecule has 6 heteroatoms. The number of ketones is 1. The fourth-order valence-corrected chi connectivity index (χ4v) is 4.05. The summed E-state index contributed by atoms with van der Waals surface area (Å²) >= 11 is 5.96. The normalized spacial score (nSPS) is 25.4. The number of hydrogen-bond acceptors (Lipinski definition) is 4. The van der Waals surface area contributed by atoms with Crippen molar-refractivity contribution in [3.05, 3.63) is 52.7 Å². The van der Waals surface area contributed by atoms with Gasteiger partial charge in [0.25, 0.3) is 0 Å². The molecule has 2 atom stereocenters. The zero-order chi connectivity index (χ0) is 19.0. The van der Waals surface area contributed by atoms with Crippen LogP contribution < -0.4 is 0 Å². The molecule has 0 amide bonds. The van der Waals surface area contributed by atoms with E-state index in [9.17, 15) is 9.90 Å². The van der Waals surface area contributed by atoms with E-state index in [2.05, 4.69) is 5.10 Å². The van der Waals surface area contributed by atoms with Gasteiger partial charge in [0, 0.05) is 35.9 Å². The lowest BCUT2D eigenvalue weighted by atomic mass is 9.96. The maximum atomic E-state index is 13.0. The monoisotopic (exact) mass is 386 g/mol. The van der Waals surface area contributed by atoms with Crippen molar-refractivity contribution >= 4 is 17.4 Å². The van der Waals surface area contributed by atoms with Crippen LogP contribution in [0.25, 0.3) is 11.3 Å². The predicted octanol–water partition coefficient (Wildman–Crippen LogP) is 3.74. The molecular weight excluding hydrogens is 364 g/mol. The van der Waals surface area contributed by atoms with Crippen LogP contribution in [0.1, 0.15) is 31.0 Å². The molecule has 142 valence electrons. The Balaban J connectivity index is 1.60. The van der Waals surface area contributed by atoms with Gasteiger partial charge >= 0.3 is 0 Å². The van der Waals surface area contributed by atoms with Crippen LogP contribution in [0, 0.1) is 12.8 Å². The van der Waals surface area contributed by atoms with Crippen molar-refractivity contribution in [3.63, 3.8) is 0 Å². The lowest BCUT2D eigenvalue weighted by Gasteiger charge is -2.19. The topological polar surface area (TPSA) is 64.4 Å². The van der Waals surface area contributed by atoms with Gasteiger partial charge in [0.1, 0.15) is 6.04 Å². The Morgan fingerprint density at radius 1 is 1.26 bits per heavy atom. The summed E-state index contributed by atoms with van der Waals surface area (Å²) in [5.74, 6) is 0.329. The number of aryl methyl sites for hydroxylation is 1. The van der Waals surface area contributed by atoms with Crippen LogP contribution in [0.15, 0.2) is 42.0 Å². The van der Waals surface area contributed by atoms with E-state index in [-0.39, 0.29) is 5.78 Å². The molecule has 1 N–H and O–H groups in total. The summed E-state index contributed by atoms with van der Waals surface area (Å²) in [6, 6.07) is 8.71. The second kappa shape index (κ2) is 7.58. The van der Waals surface area contributed by atoms with Gasteiger partial charge in [0.05, 0.1) is 11.8 Å². The Labute approximate surface area is 163 Å². The zero-order valence-electron chi connectivity index (χ0n) is 15.3. The second-order valence-electron chi connectivity index (χ2n) is 7.34. The highest BCUT2D eigenvalue weighted by molar-refractivity contribution is 6.30. The number of nitrogens with zero attached hydrogens (tertiary/aromatic N) is 2. The van der Waals surface area contributed by atoms with Crippen molar-refractivity contribution in [2.75, 3.05) is 13.2 Å². The molecule has 1 saturated carbocycles. The van der Waals surface area contributed by atoms with Gasteiger partial charge in [-0.25, -0.2) is 0 Å². The number of rotatable bonds is 3. The number of aromatic nitrogens is 2. The van der Waals surface area contributed by atoms with E-state index in [0.717, 1.165) is 48.6 Å². The number of carbonyl (C=O) groups is 1. The summed E-state index contributed by atoms with van der Waals surface area (Å²) in [5.41, 5.74) is 3.28. The lowest BCUT2D eigenvalue weighted by molar-refractivity contribution is -0.119. The van der Waals surface area contributed by atoms with Gasteiger partial charge in [-0.1, -0.05) is 29.8 Å². The average Bonchev–Trinajstić information content (AvgIpc) is 3.16. The molecule has 2 aliphatic rings. The number of ether oxygens (including phenoxy) is 1. The Hall–Kier alpha value is -1.95. The molecule has 2 unspecified atom stereocenters. The van der Waals surface area contributed by atoms with Crippen molar-refractivity contribution in [2.45, 2.75) is 38.3 Å². The molecule has 1 aromatic carbocycles. The molecule has 0 bridgehead atoms. The number of carbonyl (C=O) groups excluding carboxylic acids is 1. The quantitative estimate of drug-likeness (QED) is 0.816. The van der Waals surface area contributed by atoms with Crippen LogP contribution >= 0.6 is 11.6 Å². The van der Waals surface area contributed by atoms with E-state index < -0.39 is 12.1 Å². The molecule has 4 rings (SSSR count). The maximum absolute atomic E-state index is 13.0. The molecule has 0 spiro atoms. The van der Waals surface area contributed by atoms with Crippen LogP contribution in [0.4, 0.5) is 0 Å². The molecule has 1 aromatic heterocycles. The smallest absolute Gasteiger partial charge is 0.185 e. The minimum absolute atomic E-state index is 0.0251. The lowest BCUT2D eigenvalue weighted by Crippen LogP contribution is -2.25. The Bertz CT molecular complexity index is 866. The molecule has 2 aromatic rings. The molecule has 2 heterocycles. The third-order valence-corrected chi connectivity index (χ3v) is 5.66. The summed E-state index contributed by atoms with van der Waals surface area (Å²) < 4.78 is 7.05. The number of aliphatic hydroxyl groups excluding tert-OH is 1. The Morgan fingerprint density at radius 2 is 1.96 bits per heavy atom.